The maximum Gasteiger partial charge on any atom is 0.124 e. The number of methoxy groups -OCH3 is 1. The average molecular weight is 297 g/mol. The van der Waals surface area contributed by atoms with Gasteiger partial charge in [0.2, 0.25) is 0 Å². The Morgan fingerprint density at radius 2 is 1.76 bits per heavy atom. The summed E-state index contributed by atoms with van der Waals surface area (Å²) in [5.74, 6) is 0.902. The summed E-state index contributed by atoms with van der Waals surface area (Å²) in [6.45, 7) is 5.57. The molecular formula is C16H27NO4. The van der Waals surface area contributed by atoms with Crippen LogP contribution in [0, 0.1) is 0 Å². The summed E-state index contributed by atoms with van der Waals surface area (Å²) in [5, 5.41) is 3.26. The van der Waals surface area contributed by atoms with Crippen molar-refractivity contribution in [2.24, 2.45) is 0 Å². The maximum atomic E-state index is 5.67. The Morgan fingerprint density at radius 1 is 1.05 bits per heavy atom. The third-order valence-electron chi connectivity index (χ3n) is 3.03. The molecular weight excluding hydrogens is 270 g/mol. The second-order valence-corrected chi connectivity index (χ2v) is 4.49. The molecule has 0 fully saturated rings. The summed E-state index contributed by atoms with van der Waals surface area (Å²) < 4.78 is 21.6. The van der Waals surface area contributed by atoms with E-state index in [0.29, 0.717) is 39.6 Å². The minimum Gasteiger partial charge on any atom is -0.494 e. The van der Waals surface area contributed by atoms with Crippen molar-refractivity contribution < 1.29 is 18.9 Å². The summed E-state index contributed by atoms with van der Waals surface area (Å²) in [5.41, 5.74) is 1.11. The predicted molar refractivity (Wildman–Crippen MR) is 82.9 cm³/mol. The quantitative estimate of drug-likeness (QED) is 0.598. The molecule has 120 valence electrons. The van der Waals surface area contributed by atoms with Gasteiger partial charge in [-0.2, -0.15) is 0 Å². The van der Waals surface area contributed by atoms with E-state index in [9.17, 15) is 0 Å². The Morgan fingerprint density at radius 3 is 2.48 bits per heavy atom. The molecule has 1 N–H and O–H groups in total. The number of rotatable bonds is 12. The molecule has 0 spiro atoms. The molecule has 0 saturated carbocycles. The van der Waals surface area contributed by atoms with Crippen molar-refractivity contribution in [1.29, 1.82) is 0 Å². The third-order valence-corrected chi connectivity index (χ3v) is 3.03. The molecule has 21 heavy (non-hydrogen) atoms. The van der Waals surface area contributed by atoms with Gasteiger partial charge in [-0.15, -0.1) is 0 Å². The number of ether oxygens (including phenoxy) is 4. The van der Waals surface area contributed by atoms with E-state index >= 15 is 0 Å². The molecule has 0 heterocycles. The van der Waals surface area contributed by atoms with E-state index in [1.807, 2.05) is 32.2 Å². The molecule has 5 heteroatoms. The lowest BCUT2D eigenvalue weighted by molar-refractivity contribution is 0.0196. The molecule has 0 aliphatic rings. The normalized spacial score (nSPS) is 12.3. The highest BCUT2D eigenvalue weighted by atomic mass is 16.5. The van der Waals surface area contributed by atoms with Crippen molar-refractivity contribution in [3.63, 3.8) is 0 Å². The molecule has 0 aromatic heterocycles. The average Bonchev–Trinajstić information content (AvgIpc) is 2.51. The van der Waals surface area contributed by atoms with Crippen LogP contribution in [0.25, 0.3) is 0 Å². The first kappa shape index (κ1) is 17.9. The molecule has 0 amide bonds. The van der Waals surface area contributed by atoms with Crippen molar-refractivity contribution in [3.8, 4) is 5.75 Å². The largest absolute Gasteiger partial charge is 0.494 e. The SMILES string of the molecule is CCOc1ccccc1C(COCCOCCOC)NC. The fourth-order valence-electron chi connectivity index (χ4n) is 1.95. The van der Waals surface area contributed by atoms with Gasteiger partial charge >= 0.3 is 0 Å². The minimum absolute atomic E-state index is 0.103. The van der Waals surface area contributed by atoms with Gasteiger partial charge in [-0.25, -0.2) is 0 Å². The van der Waals surface area contributed by atoms with Crippen molar-refractivity contribution in [2.75, 3.05) is 53.8 Å². The molecule has 1 aromatic rings. The highest BCUT2D eigenvalue weighted by Crippen LogP contribution is 2.25. The number of nitrogens with one attached hydrogen (secondary N) is 1. The fourth-order valence-corrected chi connectivity index (χ4v) is 1.95. The van der Waals surface area contributed by atoms with Gasteiger partial charge < -0.3 is 24.3 Å². The van der Waals surface area contributed by atoms with E-state index in [0.717, 1.165) is 11.3 Å². The standard InChI is InChI=1S/C16H27NO4/c1-4-21-16-8-6-5-7-14(16)15(17-2)13-20-12-11-19-10-9-18-3/h5-8,15,17H,4,9-13H2,1-3H3. The van der Waals surface area contributed by atoms with E-state index < -0.39 is 0 Å². The van der Waals surface area contributed by atoms with Crippen LogP contribution in [0.4, 0.5) is 0 Å². The first-order valence-electron chi connectivity index (χ1n) is 7.36. The van der Waals surface area contributed by atoms with Crippen molar-refractivity contribution >= 4 is 0 Å². The Hall–Kier alpha value is -1.14. The highest BCUT2D eigenvalue weighted by Gasteiger charge is 2.14. The molecule has 0 saturated heterocycles. The van der Waals surface area contributed by atoms with Gasteiger partial charge in [-0.05, 0) is 20.0 Å². The molecule has 0 radical (unpaired) electrons. The van der Waals surface area contributed by atoms with Crippen LogP contribution in [0.2, 0.25) is 0 Å². The van der Waals surface area contributed by atoms with E-state index in [2.05, 4.69) is 11.4 Å². The van der Waals surface area contributed by atoms with Crippen LogP contribution in [0.3, 0.4) is 0 Å². The number of para-hydroxylation sites is 1. The lowest BCUT2D eigenvalue weighted by Crippen LogP contribution is -2.23. The van der Waals surface area contributed by atoms with E-state index in [1.165, 1.54) is 0 Å². The van der Waals surface area contributed by atoms with Crippen LogP contribution in [0.5, 0.6) is 5.75 Å². The minimum atomic E-state index is 0.103. The Labute approximate surface area is 127 Å². The molecule has 0 bridgehead atoms. The van der Waals surface area contributed by atoms with Crippen LogP contribution in [-0.2, 0) is 14.2 Å². The van der Waals surface area contributed by atoms with Gasteiger partial charge in [0.25, 0.3) is 0 Å². The van der Waals surface area contributed by atoms with Crippen molar-refractivity contribution in [2.45, 2.75) is 13.0 Å². The zero-order valence-corrected chi connectivity index (χ0v) is 13.3. The molecule has 0 aliphatic heterocycles. The Balaban J connectivity index is 2.37. The lowest BCUT2D eigenvalue weighted by atomic mass is 10.1. The van der Waals surface area contributed by atoms with E-state index in [-0.39, 0.29) is 6.04 Å². The number of benzene rings is 1. The Kier molecular flexibility index (Phi) is 9.82. The summed E-state index contributed by atoms with van der Waals surface area (Å²) >= 11 is 0. The van der Waals surface area contributed by atoms with Crippen LogP contribution in [0.15, 0.2) is 24.3 Å². The van der Waals surface area contributed by atoms with Crippen LogP contribution < -0.4 is 10.1 Å². The maximum absolute atomic E-state index is 5.67. The molecule has 1 unspecified atom stereocenters. The highest BCUT2D eigenvalue weighted by molar-refractivity contribution is 5.36. The van der Waals surface area contributed by atoms with E-state index in [1.54, 1.807) is 7.11 Å². The van der Waals surface area contributed by atoms with Gasteiger partial charge in [0.1, 0.15) is 5.75 Å². The third kappa shape index (κ3) is 6.91. The van der Waals surface area contributed by atoms with Crippen LogP contribution in [0.1, 0.15) is 18.5 Å². The summed E-state index contributed by atoms with van der Waals surface area (Å²) in [6, 6.07) is 8.13. The van der Waals surface area contributed by atoms with Crippen molar-refractivity contribution in [3.05, 3.63) is 29.8 Å². The first-order chi connectivity index (χ1) is 10.3. The second-order valence-electron chi connectivity index (χ2n) is 4.49. The predicted octanol–water partition coefficient (Wildman–Crippen LogP) is 2.03. The van der Waals surface area contributed by atoms with Gasteiger partial charge in [-0.1, -0.05) is 18.2 Å². The van der Waals surface area contributed by atoms with Crippen molar-refractivity contribution in [1.82, 2.24) is 5.32 Å². The molecule has 5 nitrogen and oxygen atoms in total. The lowest BCUT2D eigenvalue weighted by Gasteiger charge is -2.20. The zero-order valence-electron chi connectivity index (χ0n) is 13.3. The van der Waals surface area contributed by atoms with Gasteiger partial charge in [-0.3, -0.25) is 0 Å². The Bertz CT molecular complexity index is 373. The number of likely N-dealkylation sites (N-methyl/N-ethyl adjacent to an activating group) is 1. The number of hydrogen-bond acceptors (Lipinski definition) is 5. The first-order valence-corrected chi connectivity index (χ1v) is 7.36. The summed E-state index contributed by atoms with van der Waals surface area (Å²) in [6.07, 6.45) is 0. The number of hydrogen-bond donors (Lipinski definition) is 1. The summed E-state index contributed by atoms with van der Waals surface area (Å²) in [7, 11) is 3.58. The molecule has 0 aliphatic carbocycles. The van der Waals surface area contributed by atoms with Crippen LogP contribution >= 0.6 is 0 Å². The molecule has 1 aromatic carbocycles. The molecule has 1 atom stereocenters. The monoisotopic (exact) mass is 297 g/mol. The summed E-state index contributed by atoms with van der Waals surface area (Å²) in [4.78, 5) is 0. The van der Waals surface area contributed by atoms with Gasteiger partial charge in [0.15, 0.2) is 0 Å². The van der Waals surface area contributed by atoms with Gasteiger partial charge in [0.05, 0.1) is 45.7 Å². The van der Waals surface area contributed by atoms with Gasteiger partial charge in [0, 0.05) is 12.7 Å². The zero-order chi connectivity index (χ0) is 15.3. The molecule has 1 rings (SSSR count). The second kappa shape index (κ2) is 11.5. The van der Waals surface area contributed by atoms with E-state index in [4.69, 9.17) is 18.9 Å². The fraction of sp³-hybridized carbons (Fsp3) is 0.625. The van der Waals surface area contributed by atoms with Crippen LogP contribution in [-0.4, -0.2) is 53.8 Å². The smallest absolute Gasteiger partial charge is 0.124 e. The topological polar surface area (TPSA) is 49.0 Å².